The first-order chi connectivity index (χ1) is 17.4. The number of hydrogen-bond acceptors (Lipinski definition) is 5. The molecular formula is C29H49N3O5. The second-order valence-corrected chi connectivity index (χ2v) is 10.9. The van der Waals surface area contributed by atoms with E-state index in [4.69, 9.17) is 4.74 Å². The Bertz CT molecular complexity index is 852. The summed E-state index contributed by atoms with van der Waals surface area (Å²) < 4.78 is 5.33. The molecular weight excluding hydrogens is 470 g/mol. The number of amides is 3. The summed E-state index contributed by atoms with van der Waals surface area (Å²) in [6, 6.07) is 4.53. The summed E-state index contributed by atoms with van der Waals surface area (Å²) in [5.74, 6) is -0.676. The van der Waals surface area contributed by atoms with E-state index in [1.54, 1.807) is 39.8 Å². The molecule has 0 aliphatic rings. The number of carbonyl (C=O) groups is 3. The van der Waals surface area contributed by atoms with Crippen LogP contribution in [0.2, 0.25) is 0 Å². The smallest absolute Gasteiger partial charge is 0.408 e. The minimum atomic E-state index is -0.947. The second kappa shape index (κ2) is 16.2. The number of aromatic hydroxyl groups is 1. The zero-order valence-corrected chi connectivity index (χ0v) is 23.9. The zero-order chi connectivity index (χ0) is 28.0. The van der Waals surface area contributed by atoms with Crippen molar-refractivity contribution in [1.29, 1.82) is 0 Å². The number of carbonyl (C=O) groups excluding carboxylic acids is 3. The van der Waals surface area contributed by atoms with Crippen LogP contribution >= 0.6 is 0 Å². The minimum absolute atomic E-state index is 0.0174. The Labute approximate surface area is 223 Å². The molecule has 0 aliphatic heterocycles. The summed E-state index contributed by atoms with van der Waals surface area (Å²) in [4.78, 5) is 41.2. The van der Waals surface area contributed by atoms with E-state index in [-0.39, 0.29) is 23.6 Å². The first kappa shape index (κ1) is 32.3. The molecule has 3 unspecified atom stereocenters. The maximum Gasteiger partial charge on any atom is 0.408 e. The van der Waals surface area contributed by atoms with Crippen LogP contribution in [0.15, 0.2) is 24.3 Å². The number of phenols is 1. The number of alkyl carbamates (subject to hydrolysis) is 1. The molecule has 0 aliphatic carbocycles. The Morgan fingerprint density at radius 3 is 2.22 bits per heavy atom. The fraction of sp³-hybridized carbons (Fsp3) is 0.690. The van der Waals surface area contributed by atoms with Gasteiger partial charge in [0.2, 0.25) is 11.8 Å². The van der Waals surface area contributed by atoms with Gasteiger partial charge in [-0.15, -0.1) is 0 Å². The van der Waals surface area contributed by atoms with Crippen LogP contribution < -0.4 is 10.6 Å². The lowest BCUT2D eigenvalue weighted by Gasteiger charge is -2.34. The van der Waals surface area contributed by atoms with Gasteiger partial charge in [0, 0.05) is 12.6 Å². The lowest BCUT2D eigenvalue weighted by molar-refractivity contribution is -0.142. The molecule has 210 valence electrons. The van der Waals surface area contributed by atoms with Crippen LogP contribution in [0.1, 0.15) is 111 Å². The van der Waals surface area contributed by atoms with E-state index in [0.29, 0.717) is 12.1 Å². The van der Waals surface area contributed by atoms with Gasteiger partial charge in [-0.2, -0.15) is 0 Å². The molecule has 0 bridgehead atoms. The van der Waals surface area contributed by atoms with Crippen molar-refractivity contribution in [3.63, 3.8) is 0 Å². The number of unbranched alkanes of at least 4 members (excludes halogenated alkanes) is 5. The molecule has 0 heterocycles. The molecule has 0 fully saturated rings. The van der Waals surface area contributed by atoms with Crippen molar-refractivity contribution in [2.75, 3.05) is 6.54 Å². The molecule has 3 atom stereocenters. The molecule has 37 heavy (non-hydrogen) atoms. The summed E-state index contributed by atoms with van der Waals surface area (Å²) in [5.41, 5.74) is -0.185. The maximum atomic E-state index is 13.7. The SMILES string of the molecule is CCCCCCCCN(C(=O)C(C)NC(=O)OC(C)(C)C)C(C(=O)NC(C)CCC)c1cccc(O)c1. The number of rotatable bonds is 15. The molecule has 3 N–H and O–H groups in total. The Kier molecular flexibility index (Phi) is 14.1. The molecule has 1 rings (SSSR count). The Hall–Kier alpha value is -2.77. The first-order valence-electron chi connectivity index (χ1n) is 13.8. The van der Waals surface area contributed by atoms with Crippen molar-refractivity contribution in [3.8, 4) is 5.75 Å². The van der Waals surface area contributed by atoms with Gasteiger partial charge < -0.3 is 25.4 Å². The lowest BCUT2D eigenvalue weighted by Crippen LogP contribution is -2.52. The van der Waals surface area contributed by atoms with E-state index in [9.17, 15) is 19.5 Å². The normalized spacial score (nSPS) is 13.8. The maximum absolute atomic E-state index is 13.7. The number of hydrogen-bond donors (Lipinski definition) is 3. The predicted octanol–water partition coefficient (Wildman–Crippen LogP) is 5.84. The molecule has 0 saturated carbocycles. The van der Waals surface area contributed by atoms with Crippen molar-refractivity contribution in [2.24, 2.45) is 0 Å². The third-order valence-electron chi connectivity index (χ3n) is 6.00. The first-order valence-corrected chi connectivity index (χ1v) is 13.8. The van der Waals surface area contributed by atoms with Gasteiger partial charge >= 0.3 is 6.09 Å². The zero-order valence-electron chi connectivity index (χ0n) is 23.9. The van der Waals surface area contributed by atoms with Crippen LogP contribution in [0.5, 0.6) is 5.75 Å². The van der Waals surface area contributed by atoms with Crippen molar-refractivity contribution >= 4 is 17.9 Å². The average Bonchev–Trinajstić information content (AvgIpc) is 2.78. The molecule has 8 nitrogen and oxygen atoms in total. The number of ether oxygens (including phenoxy) is 1. The van der Waals surface area contributed by atoms with E-state index in [2.05, 4.69) is 17.6 Å². The molecule has 3 amide bonds. The minimum Gasteiger partial charge on any atom is -0.508 e. The van der Waals surface area contributed by atoms with Gasteiger partial charge in [0.25, 0.3) is 0 Å². The van der Waals surface area contributed by atoms with Gasteiger partial charge in [0.15, 0.2) is 0 Å². The molecule has 8 heteroatoms. The average molecular weight is 520 g/mol. The van der Waals surface area contributed by atoms with Gasteiger partial charge in [-0.3, -0.25) is 9.59 Å². The third-order valence-corrected chi connectivity index (χ3v) is 6.00. The Morgan fingerprint density at radius 2 is 1.62 bits per heavy atom. The highest BCUT2D eigenvalue weighted by Gasteiger charge is 2.35. The Balaban J connectivity index is 3.27. The molecule has 0 spiro atoms. The van der Waals surface area contributed by atoms with Crippen molar-refractivity contribution in [3.05, 3.63) is 29.8 Å². The number of nitrogens with one attached hydrogen (secondary N) is 2. The van der Waals surface area contributed by atoms with Gasteiger partial charge in [-0.05, 0) is 65.2 Å². The fourth-order valence-corrected chi connectivity index (χ4v) is 4.22. The summed E-state index contributed by atoms with van der Waals surface area (Å²) in [7, 11) is 0. The van der Waals surface area contributed by atoms with Crippen LogP contribution in [0, 0.1) is 0 Å². The lowest BCUT2D eigenvalue weighted by atomic mass is 10.0. The van der Waals surface area contributed by atoms with Gasteiger partial charge in [0.05, 0.1) is 0 Å². The standard InChI is InChI=1S/C29H49N3O5/c1-8-10-11-12-13-14-19-32(27(35)22(4)31-28(36)37-29(5,6)7)25(23-17-15-18-24(33)20-23)26(34)30-21(3)16-9-2/h15,17-18,20-22,25,33H,8-14,16,19H2,1-7H3,(H,30,34)(H,31,36). The van der Waals surface area contributed by atoms with Crippen LogP contribution in [-0.2, 0) is 14.3 Å². The monoisotopic (exact) mass is 519 g/mol. The quantitative estimate of drug-likeness (QED) is 0.252. The van der Waals surface area contributed by atoms with E-state index in [1.165, 1.54) is 23.5 Å². The van der Waals surface area contributed by atoms with Crippen LogP contribution in [0.3, 0.4) is 0 Å². The van der Waals surface area contributed by atoms with Gasteiger partial charge in [-0.1, -0.05) is 64.5 Å². The van der Waals surface area contributed by atoms with E-state index in [0.717, 1.165) is 44.9 Å². The van der Waals surface area contributed by atoms with E-state index < -0.39 is 23.8 Å². The van der Waals surface area contributed by atoms with Gasteiger partial charge in [0.1, 0.15) is 23.4 Å². The Morgan fingerprint density at radius 1 is 0.973 bits per heavy atom. The van der Waals surface area contributed by atoms with Crippen molar-refractivity contribution in [2.45, 2.75) is 124 Å². The summed E-state index contributed by atoms with van der Waals surface area (Å²) in [6.07, 6.45) is 7.18. The molecule has 0 radical (unpaired) electrons. The van der Waals surface area contributed by atoms with E-state index >= 15 is 0 Å². The number of nitrogens with zero attached hydrogens (tertiary/aromatic N) is 1. The summed E-state index contributed by atoms with van der Waals surface area (Å²) in [6.45, 7) is 13.4. The molecule has 1 aromatic rings. The largest absolute Gasteiger partial charge is 0.508 e. The van der Waals surface area contributed by atoms with Crippen LogP contribution in [-0.4, -0.2) is 52.1 Å². The highest BCUT2D eigenvalue weighted by molar-refractivity contribution is 5.92. The highest BCUT2D eigenvalue weighted by atomic mass is 16.6. The predicted molar refractivity (Wildman–Crippen MR) is 147 cm³/mol. The molecule has 1 aromatic carbocycles. The fourth-order valence-electron chi connectivity index (χ4n) is 4.22. The topological polar surface area (TPSA) is 108 Å². The van der Waals surface area contributed by atoms with Gasteiger partial charge in [-0.25, -0.2) is 4.79 Å². The number of phenolic OH excluding ortho intramolecular Hbond substituents is 1. The summed E-state index contributed by atoms with van der Waals surface area (Å²) in [5, 5.41) is 15.8. The molecule has 0 aromatic heterocycles. The van der Waals surface area contributed by atoms with Crippen molar-refractivity contribution < 1.29 is 24.2 Å². The second-order valence-electron chi connectivity index (χ2n) is 10.9. The number of benzene rings is 1. The molecule has 0 saturated heterocycles. The third kappa shape index (κ3) is 12.3. The van der Waals surface area contributed by atoms with Crippen LogP contribution in [0.4, 0.5) is 4.79 Å². The highest BCUT2D eigenvalue weighted by Crippen LogP contribution is 2.26. The summed E-state index contributed by atoms with van der Waals surface area (Å²) >= 11 is 0. The van der Waals surface area contributed by atoms with Crippen LogP contribution in [0.25, 0.3) is 0 Å². The van der Waals surface area contributed by atoms with Crippen molar-refractivity contribution in [1.82, 2.24) is 15.5 Å². The van der Waals surface area contributed by atoms with E-state index in [1.807, 2.05) is 13.8 Å².